The monoisotopic (exact) mass is 491 g/mol. The summed E-state index contributed by atoms with van der Waals surface area (Å²) in [7, 11) is 3.83. The molecule has 1 fully saturated rings. The van der Waals surface area contributed by atoms with Gasteiger partial charge in [-0.2, -0.15) is 5.10 Å². The quantitative estimate of drug-likeness (QED) is 0.359. The zero-order valence-corrected chi connectivity index (χ0v) is 20.5. The lowest BCUT2D eigenvalue weighted by atomic mass is 10.2. The Balaban J connectivity index is 1.26. The molecule has 0 bridgehead atoms. The van der Waals surface area contributed by atoms with Gasteiger partial charge < -0.3 is 24.4 Å². The van der Waals surface area contributed by atoms with E-state index in [1.807, 2.05) is 67.7 Å². The van der Waals surface area contributed by atoms with E-state index in [0.29, 0.717) is 31.5 Å². The molecule has 0 unspecified atom stereocenters. The molecule has 1 aliphatic rings. The molecule has 36 heavy (non-hydrogen) atoms. The van der Waals surface area contributed by atoms with Gasteiger partial charge in [-0.15, -0.1) is 9.73 Å². The molecule has 11 nitrogen and oxygen atoms in total. The lowest BCUT2D eigenvalue weighted by Crippen LogP contribution is -2.37. The number of nitrogens with one attached hydrogen (secondary N) is 2. The summed E-state index contributed by atoms with van der Waals surface area (Å²) in [5.74, 6) is 2.18. The van der Waals surface area contributed by atoms with E-state index in [2.05, 4.69) is 25.4 Å². The van der Waals surface area contributed by atoms with E-state index in [-0.39, 0.29) is 6.61 Å². The highest BCUT2D eigenvalue weighted by atomic mass is 16.5. The van der Waals surface area contributed by atoms with Crippen LogP contribution >= 0.6 is 0 Å². The summed E-state index contributed by atoms with van der Waals surface area (Å²) in [5.41, 5.74) is 3.42. The molecule has 0 spiro atoms. The molecule has 1 atom stereocenters. The summed E-state index contributed by atoms with van der Waals surface area (Å²) < 4.78 is 12.8. The Kier molecular flexibility index (Phi) is 7.21. The maximum atomic E-state index is 9.97. The summed E-state index contributed by atoms with van der Waals surface area (Å²) in [6, 6.07) is 13.5. The van der Waals surface area contributed by atoms with Crippen LogP contribution in [0.25, 0.3) is 16.8 Å². The second kappa shape index (κ2) is 10.9. The average Bonchev–Trinajstić information content (AvgIpc) is 3.32. The molecule has 188 valence electrons. The fraction of sp³-hybridized carbons (Fsp3) is 0.360. The number of hydrogen-bond donors (Lipinski definition) is 2. The topological polar surface area (TPSA) is 114 Å². The van der Waals surface area contributed by atoms with Crippen LogP contribution in [0.1, 0.15) is 0 Å². The van der Waals surface area contributed by atoms with E-state index in [0.717, 1.165) is 41.4 Å². The number of aromatic amines is 1. The molecule has 3 aromatic heterocycles. The van der Waals surface area contributed by atoms with Crippen molar-refractivity contribution < 1.29 is 19.6 Å². The first kappa shape index (κ1) is 23.9. The highest BCUT2D eigenvalue weighted by Gasteiger charge is 2.18. The van der Waals surface area contributed by atoms with Crippen LogP contribution in [0.5, 0.6) is 5.75 Å². The normalized spacial score (nSPS) is 14.8. The number of H-pyrrole nitrogens is 1. The maximum absolute atomic E-state index is 9.97. The molecule has 0 radical (unpaired) electrons. The molecule has 4 aromatic rings. The second-order valence-electron chi connectivity index (χ2n) is 8.92. The number of aliphatic hydroxyl groups is 1. The third-order valence-electron chi connectivity index (χ3n) is 5.81. The SMILES string of the molecule is CN(C)C[C@H](O)COc1ccc(Nc2nc(-c3cnn4nc(N5CCOCC5)ccc34)cc[nH+]2)cc1. The molecule has 4 heterocycles. The Morgan fingerprint density at radius 1 is 1.14 bits per heavy atom. The van der Waals surface area contributed by atoms with Crippen molar-refractivity contribution >= 4 is 23.0 Å². The maximum Gasteiger partial charge on any atom is 0.394 e. The zero-order valence-electron chi connectivity index (χ0n) is 20.5. The summed E-state index contributed by atoms with van der Waals surface area (Å²) in [6.45, 7) is 3.85. The van der Waals surface area contributed by atoms with E-state index in [1.54, 1.807) is 10.8 Å². The van der Waals surface area contributed by atoms with Crippen LogP contribution in [-0.2, 0) is 4.74 Å². The fourth-order valence-corrected chi connectivity index (χ4v) is 4.07. The number of anilines is 3. The van der Waals surface area contributed by atoms with Gasteiger partial charge >= 0.3 is 5.95 Å². The number of benzene rings is 1. The van der Waals surface area contributed by atoms with Crippen molar-refractivity contribution in [2.24, 2.45) is 0 Å². The number of rotatable bonds is 9. The predicted octanol–water partition coefficient (Wildman–Crippen LogP) is 1.49. The van der Waals surface area contributed by atoms with E-state index >= 15 is 0 Å². The van der Waals surface area contributed by atoms with E-state index in [4.69, 9.17) is 14.5 Å². The van der Waals surface area contributed by atoms with E-state index < -0.39 is 6.10 Å². The lowest BCUT2D eigenvalue weighted by Gasteiger charge is -2.27. The summed E-state index contributed by atoms with van der Waals surface area (Å²) >= 11 is 0. The van der Waals surface area contributed by atoms with Gasteiger partial charge in [0.05, 0.1) is 42.4 Å². The van der Waals surface area contributed by atoms with Crippen molar-refractivity contribution in [2.75, 3.05) is 63.8 Å². The molecule has 0 saturated carbocycles. The van der Waals surface area contributed by atoms with Crippen LogP contribution in [0.15, 0.2) is 54.9 Å². The van der Waals surface area contributed by atoms with Crippen molar-refractivity contribution in [2.45, 2.75) is 6.10 Å². The molecule has 1 aliphatic heterocycles. The molecule has 3 N–H and O–H groups in total. The van der Waals surface area contributed by atoms with Crippen LogP contribution < -0.4 is 19.9 Å². The zero-order chi connectivity index (χ0) is 24.9. The molecule has 0 aliphatic carbocycles. The smallest absolute Gasteiger partial charge is 0.394 e. The Morgan fingerprint density at radius 3 is 2.72 bits per heavy atom. The number of nitrogens with zero attached hydrogens (tertiary/aromatic N) is 6. The Labute approximate surface area is 209 Å². The van der Waals surface area contributed by atoms with Crippen molar-refractivity contribution in [1.29, 1.82) is 0 Å². The fourth-order valence-electron chi connectivity index (χ4n) is 4.07. The first-order chi connectivity index (χ1) is 17.5. The molecule has 0 amide bonds. The highest BCUT2D eigenvalue weighted by Crippen LogP contribution is 2.25. The third kappa shape index (κ3) is 5.70. The number of hydrogen-bond acceptors (Lipinski definition) is 9. The average molecular weight is 492 g/mol. The van der Waals surface area contributed by atoms with Crippen molar-refractivity contribution in [3.8, 4) is 17.0 Å². The molecule has 5 rings (SSSR count). The van der Waals surface area contributed by atoms with Crippen LogP contribution in [0.2, 0.25) is 0 Å². The minimum atomic E-state index is -0.541. The number of aliphatic hydroxyl groups excluding tert-OH is 1. The number of likely N-dealkylation sites (N-methyl/N-ethyl adjacent to an activating group) is 1. The van der Waals surface area contributed by atoms with Gasteiger partial charge in [0.1, 0.15) is 18.5 Å². The van der Waals surface area contributed by atoms with Crippen LogP contribution in [0.4, 0.5) is 17.5 Å². The standard InChI is InChI=1S/C25H30N8O3/c1-31(2)16-19(34)17-36-20-5-3-18(4-6-20)28-25-26-10-9-22(29-25)21-15-27-33-23(21)7-8-24(30-33)32-11-13-35-14-12-32/h3-10,15,19,34H,11-14,16-17H2,1-2H3,(H,26,28,29)/p+1/t19-/m0/s1. The number of fused-ring (bicyclic) bond motifs is 1. The van der Waals surface area contributed by atoms with Crippen LogP contribution in [0.3, 0.4) is 0 Å². The molecular weight excluding hydrogens is 460 g/mol. The van der Waals surface area contributed by atoms with Gasteiger partial charge in [0, 0.05) is 25.7 Å². The number of morpholine rings is 1. The Morgan fingerprint density at radius 2 is 1.94 bits per heavy atom. The van der Waals surface area contributed by atoms with Crippen LogP contribution in [0, 0.1) is 0 Å². The molecular formula is C25H31N8O3+. The first-order valence-corrected chi connectivity index (χ1v) is 11.9. The number of ether oxygens (including phenoxy) is 2. The van der Waals surface area contributed by atoms with Gasteiger partial charge in [-0.25, -0.2) is 10.3 Å². The third-order valence-corrected chi connectivity index (χ3v) is 5.81. The van der Waals surface area contributed by atoms with Crippen molar-refractivity contribution in [3.05, 3.63) is 54.9 Å². The van der Waals surface area contributed by atoms with Gasteiger partial charge in [-0.3, -0.25) is 0 Å². The number of aromatic nitrogens is 5. The first-order valence-electron chi connectivity index (χ1n) is 11.9. The van der Waals surface area contributed by atoms with Crippen molar-refractivity contribution in [1.82, 2.24) is 24.7 Å². The van der Waals surface area contributed by atoms with E-state index in [1.165, 1.54) is 0 Å². The molecule has 1 aromatic carbocycles. The van der Waals surface area contributed by atoms with E-state index in [9.17, 15) is 5.11 Å². The van der Waals surface area contributed by atoms with Gasteiger partial charge in [0.2, 0.25) is 0 Å². The molecule has 11 heteroatoms. The van der Waals surface area contributed by atoms with Gasteiger partial charge in [-0.1, -0.05) is 4.98 Å². The largest absolute Gasteiger partial charge is 0.491 e. The van der Waals surface area contributed by atoms with Crippen LogP contribution in [-0.4, -0.2) is 89.5 Å². The highest BCUT2D eigenvalue weighted by molar-refractivity contribution is 5.78. The predicted molar refractivity (Wildman–Crippen MR) is 136 cm³/mol. The van der Waals surface area contributed by atoms with Crippen molar-refractivity contribution in [3.63, 3.8) is 0 Å². The Hall–Kier alpha value is -3.80. The summed E-state index contributed by atoms with van der Waals surface area (Å²) in [4.78, 5) is 12.0. The lowest BCUT2D eigenvalue weighted by molar-refractivity contribution is -0.364. The Bertz CT molecular complexity index is 1290. The minimum absolute atomic E-state index is 0.241. The van der Waals surface area contributed by atoms with Gasteiger partial charge in [0.15, 0.2) is 11.5 Å². The summed E-state index contributed by atoms with van der Waals surface area (Å²) in [5, 5.41) is 22.4. The van der Waals surface area contributed by atoms with Gasteiger partial charge in [-0.05, 0) is 50.5 Å². The second-order valence-corrected chi connectivity index (χ2v) is 8.92. The van der Waals surface area contributed by atoms with Gasteiger partial charge in [0.25, 0.3) is 0 Å². The summed E-state index contributed by atoms with van der Waals surface area (Å²) in [6.07, 6.45) is 3.09. The molecule has 1 saturated heterocycles. The minimum Gasteiger partial charge on any atom is -0.491 e.